The van der Waals surface area contributed by atoms with Gasteiger partial charge in [0.1, 0.15) is 0 Å². The molecular formula is C22H43N3O5S2. The zero-order valence-electron chi connectivity index (χ0n) is 20.3. The van der Waals surface area contributed by atoms with Crippen LogP contribution in [0.25, 0.3) is 0 Å². The monoisotopic (exact) mass is 493 g/mol. The number of piperidine rings is 1. The number of nitrogens with zero attached hydrogens (tertiary/aromatic N) is 2. The van der Waals surface area contributed by atoms with E-state index in [-0.39, 0.29) is 43.1 Å². The lowest BCUT2D eigenvalue weighted by atomic mass is 9.80. The number of hydrogen-bond donors (Lipinski definition) is 2. The van der Waals surface area contributed by atoms with Crippen molar-refractivity contribution in [1.82, 2.24) is 13.9 Å². The van der Waals surface area contributed by atoms with Crippen LogP contribution in [0.1, 0.15) is 52.4 Å². The highest BCUT2D eigenvalue weighted by molar-refractivity contribution is 7.99. The molecule has 0 spiro atoms. The number of hydrogen-bond acceptors (Lipinski definition) is 5. The molecule has 3 aliphatic rings. The molecule has 0 aromatic carbocycles. The molecule has 3 rings (SSSR count). The molecule has 1 aliphatic carbocycles. The number of likely N-dealkylation sites (tertiary alicyclic amines) is 1. The maximum absolute atomic E-state index is 13.3. The zero-order valence-corrected chi connectivity index (χ0v) is 22.0. The Morgan fingerprint density at radius 1 is 1.12 bits per heavy atom. The summed E-state index contributed by atoms with van der Waals surface area (Å²) in [7, 11) is -5.74. The maximum atomic E-state index is 13.3. The molecule has 2 heterocycles. The average Bonchev–Trinajstić information content (AvgIpc) is 2.63. The number of ether oxygens (including phenoxy) is 1. The fraction of sp³-hybridized carbons (Fsp3) is 0.955. The SMILES string of the molecule is CC(C)[C@H]1CC[C@@H](OC[C@H]2[C@@H](N[SH](C)(C)=O)CCCN2C(=O)C2CN(S(C)(=O)=O)C2)CC1. The summed E-state index contributed by atoms with van der Waals surface area (Å²) in [5, 5.41) is 0. The van der Waals surface area contributed by atoms with E-state index in [4.69, 9.17) is 4.74 Å². The fourth-order valence-electron chi connectivity index (χ4n) is 5.34. The molecule has 2 saturated heterocycles. The van der Waals surface area contributed by atoms with Crippen LogP contribution in [-0.2, 0) is 29.7 Å². The lowest BCUT2D eigenvalue weighted by Gasteiger charge is -2.47. The van der Waals surface area contributed by atoms with Gasteiger partial charge in [-0.3, -0.25) is 13.7 Å². The first kappa shape index (κ1) is 26.1. The Bertz CT molecular complexity index is 798. The highest BCUT2D eigenvalue weighted by Gasteiger charge is 2.44. The van der Waals surface area contributed by atoms with Gasteiger partial charge in [0.15, 0.2) is 0 Å². The Kier molecular flexibility index (Phi) is 8.45. The predicted molar refractivity (Wildman–Crippen MR) is 129 cm³/mol. The molecule has 1 amide bonds. The Morgan fingerprint density at radius 2 is 1.75 bits per heavy atom. The summed E-state index contributed by atoms with van der Waals surface area (Å²) >= 11 is 0. The predicted octanol–water partition coefficient (Wildman–Crippen LogP) is 1.25. The Labute approximate surface area is 195 Å². The molecule has 0 radical (unpaired) electrons. The van der Waals surface area contributed by atoms with Crippen molar-refractivity contribution >= 4 is 26.0 Å². The van der Waals surface area contributed by atoms with Crippen molar-refractivity contribution in [2.75, 3.05) is 45.0 Å². The highest BCUT2D eigenvalue weighted by Crippen LogP contribution is 2.32. The van der Waals surface area contributed by atoms with Crippen molar-refractivity contribution in [3.63, 3.8) is 0 Å². The van der Waals surface area contributed by atoms with Crippen LogP contribution in [-0.4, -0.2) is 90.9 Å². The zero-order chi connectivity index (χ0) is 23.7. The van der Waals surface area contributed by atoms with Gasteiger partial charge in [-0.25, -0.2) is 12.7 Å². The quantitative estimate of drug-likeness (QED) is 0.496. The van der Waals surface area contributed by atoms with E-state index < -0.39 is 20.1 Å². The van der Waals surface area contributed by atoms with Gasteiger partial charge < -0.3 is 9.64 Å². The van der Waals surface area contributed by atoms with Crippen molar-refractivity contribution in [2.24, 2.45) is 17.8 Å². The molecule has 0 unspecified atom stereocenters. The van der Waals surface area contributed by atoms with E-state index in [1.165, 1.54) is 23.4 Å². The molecule has 2 atom stereocenters. The summed E-state index contributed by atoms with van der Waals surface area (Å²) < 4.78 is 46.9. The maximum Gasteiger partial charge on any atom is 0.228 e. The molecule has 188 valence electrons. The van der Waals surface area contributed by atoms with Gasteiger partial charge in [0.25, 0.3) is 0 Å². The highest BCUT2D eigenvalue weighted by atomic mass is 32.3. The average molecular weight is 494 g/mol. The minimum atomic E-state index is -3.26. The van der Waals surface area contributed by atoms with Crippen LogP contribution in [0.5, 0.6) is 0 Å². The second kappa shape index (κ2) is 10.4. The molecule has 1 N–H and O–H groups in total. The number of sulfonamides is 1. The van der Waals surface area contributed by atoms with Crippen molar-refractivity contribution < 1.29 is 22.2 Å². The van der Waals surface area contributed by atoms with Gasteiger partial charge in [-0.2, -0.15) is 0 Å². The largest absolute Gasteiger partial charge is 0.376 e. The van der Waals surface area contributed by atoms with Gasteiger partial charge >= 0.3 is 0 Å². The number of rotatable bonds is 8. The van der Waals surface area contributed by atoms with Gasteiger partial charge in [-0.1, -0.05) is 24.0 Å². The first-order valence-corrected chi connectivity index (χ1v) is 16.5. The number of carbonyl (C=O) groups is 1. The third-order valence-electron chi connectivity index (χ3n) is 7.37. The molecule has 1 saturated carbocycles. The summed E-state index contributed by atoms with van der Waals surface area (Å²) in [5.41, 5.74) is 0. The van der Waals surface area contributed by atoms with E-state index >= 15 is 0 Å². The normalized spacial score (nSPS) is 31.5. The van der Waals surface area contributed by atoms with Crippen molar-refractivity contribution in [2.45, 2.75) is 70.6 Å². The smallest absolute Gasteiger partial charge is 0.228 e. The van der Waals surface area contributed by atoms with Crippen molar-refractivity contribution in [3.05, 3.63) is 0 Å². The van der Waals surface area contributed by atoms with Crippen LogP contribution in [0.4, 0.5) is 0 Å². The molecule has 0 aromatic rings. The van der Waals surface area contributed by atoms with Crippen molar-refractivity contribution in [3.8, 4) is 0 Å². The molecule has 32 heavy (non-hydrogen) atoms. The molecule has 8 nitrogen and oxygen atoms in total. The van der Waals surface area contributed by atoms with E-state index in [2.05, 4.69) is 18.6 Å². The Morgan fingerprint density at radius 3 is 2.28 bits per heavy atom. The summed E-state index contributed by atoms with van der Waals surface area (Å²) in [6.45, 7) is 6.14. The van der Waals surface area contributed by atoms with Crippen LogP contribution >= 0.6 is 0 Å². The van der Waals surface area contributed by atoms with Gasteiger partial charge in [0.2, 0.25) is 15.9 Å². The summed E-state index contributed by atoms with van der Waals surface area (Å²) in [5.74, 6) is 1.16. The molecule has 0 aromatic heterocycles. The second-order valence-electron chi connectivity index (χ2n) is 10.7. The number of carbonyl (C=O) groups excluding carboxylic acids is 1. The van der Waals surface area contributed by atoms with E-state index in [9.17, 15) is 17.4 Å². The third kappa shape index (κ3) is 6.74. The van der Waals surface area contributed by atoms with Crippen LogP contribution in [0.3, 0.4) is 0 Å². The molecular weight excluding hydrogens is 450 g/mol. The lowest BCUT2D eigenvalue weighted by molar-refractivity contribution is -0.146. The first-order chi connectivity index (χ1) is 14.8. The van der Waals surface area contributed by atoms with Gasteiger partial charge in [0.05, 0.1) is 30.9 Å². The van der Waals surface area contributed by atoms with Gasteiger partial charge in [-0.15, -0.1) is 0 Å². The van der Waals surface area contributed by atoms with Crippen LogP contribution in [0, 0.1) is 17.8 Å². The standard InChI is InChI=1S/C22H43N3O5S2/c1-16(2)17-8-10-19(11-9-17)30-15-21-20(23-31(3,4)27)7-6-12-25(21)22(26)18-13-24(14-18)32(5,28)29/h16-21,31H,6-15H2,1-5H3,(H,23,27)/t17-,19+,20-,21-/m0/s1. The number of thiol groups is 1. The fourth-order valence-corrected chi connectivity index (χ4v) is 7.34. The van der Waals surface area contributed by atoms with Crippen LogP contribution < -0.4 is 4.72 Å². The molecule has 10 heteroatoms. The Balaban J connectivity index is 1.65. The van der Waals surface area contributed by atoms with E-state index in [0.717, 1.165) is 31.6 Å². The summed E-state index contributed by atoms with van der Waals surface area (Å²) in [4.78, 5) is 15.2. The van der Waals surface area contributed by atoms with Crippen LogP contribution in [0.2, 0.25) is 0 Å². The molecule has 0 bridgehead atoms. The first-order valence-electron chi connectivity index (χ1n) is 12.0. The van der Waals surface area contributed by atoms with Gasteiger partial charge in [0, 0.05) is 38.2 Å². The van der Waals surface area contributed by atoms with Crippen LogP contribution in [0.15, 0.2) is 0 Å². The van der Waals surface area contributed by atoms with E-state index in [1.54, 1.807) is 12.5 Å². The third-order valence-corrected chi connectivity index (χ3v) is 9.56. The molecule has 3 fully saturated rings. The van der Waals surface area contributed by atoms with E-state index in [0.29, 0.717) is 19.1 Å². The van der Waals surface area contributed by atoms with Gasteiger partial charge in [-0.05, 0) is 50.4 Å². The minimum absolute atomic E-state index is 0.00412. The second-order valence-corrected chi connectivity index (χ2v) is 15.7. The number of nitrogens with one attached hydrogen (secondary N) is 1. The Hall–Kier alpha value is -0.550. The van der Waals surface area contributed by atoms with Crippen molar-refractivity contribution in [1.29, 1.82) is 0 Å². The topological polar surface area (TPSA) is 96.0 Å². The number of amides is 1. The lowest BCUT2D eigenvalue weighted by Crippen LogP contribution is -2.64. The minimum Gasteiger partial charge on any atom is -0.376 e. The summed E-state index contributed by atoms with van der Waals surface area (Å²) in [6, 6.07) is -0.258. The summed E-state index contributed by atoms with van der Waals surface area (Å²) in [6.07, 6.45) is 11.0. The molecule has 2 aliphatic heterocycles. The van der Waals surface area contributed by atoms with E-state index in [1.807, 2.05) is 4.90 Å².